The minimum Gasteiger partial charge on any atom is -0.374 e. The standard InChI is InChI=1S/C25H30N4O4/c26-13-15-28-25(32)22(17-33-16-18-6-2-1-3-7-18)29-24(31)11-10-20-19-8-4-5-9-21(19)27-14-12-23(20)30/h1-9,22H,10-17,26H2,(H,28,32)(H,29,31)/t22-/m1/s1. The second kappa shape index (κ2) is 12.6. The van der Waals surface area contributed by atoms with E-state index in [0.29, 0.717) is 38.2 Å². The fourth-order valence-corrected chi connectivity index (χ4v) is 3.60. The van der Waals surface area contributed by atoms with E-state index in [1.165, 1.54) is 0 Å². The van der Waals surface area contributed by atoms with Gasteiger partial charge in [-0.2, -0.15) is 0 Å². The van der Waals surface area contributed by atoms with Gasteiger partial charge in [-0.05, 0) is 18.1 Å². The molecule has 0 unspecified atom stereocenters. The summed E-state index contributed by atoms with van der Waals surface area (Å²) in [5.41, 5.74) is 7.05. The number of nitrogens with one attached hydrogen (secondary N) is 2. The van der Waals surface area contributed by atoms with Crippen molar-refractivity contribution in [1.29, 1.82) is 0 Å². The molecule has 3 rings (SSSR count). The third kappa shape index (κ3) is 7.34. The number of Topliss-reactive ketones (excluding diaryl/α,β-unsaturated/α-hetero) is 1. The molecule has 1 heterocycles. The number of nitrogens with two attached hydrogens (primary N) is 1. The van der Waals surface area contributed by atoms with E-state index >= 15 is 0 Å². The largest absolute Gasteiger partial charge is 0.374 e. The molecule has 2 aromatic carbocycles. The summed E-state index contributed by atoms with van der Waals surface area (Å²) in [6, 6.07) is 16.2. The van der Waals surface area contributed by atoms with E-state index in [0.717, 1.165) is 16.1 Å². The van der Waals surface area contributed by atoms with Crippen LogP contribution in [0.25, 0.3) is 5.57 Å². The van der Waals surface area contributed by atoms with Crippen LogP contribution in [0.4, 0.5) is 0 Å². The van der Waals surface area contributed by atoms with Crippen LogP contribution < -0.4 is 26.9 Å². The lowest BCUT2D eigenvalue weighted by molar-refractivity contribution is -0.130. The number of carbonyl (C=O) groups excluding carboxylic acids is 3. The lowest BCUT2D eigenvalue weighted by Crippen LogP contribution is -2.50. The molecule has 1 aliphatic rings. The minimum absolute atomic E-state index is 0.0000618. The third-order valence-corrected chi connectivity index (χ3v) is 5.28. The van der Waals surface area contributed by atoms with Crippen LogP contribution in [-0.4, -0.2) is 49.9 Å². The Balaban J connectivity index is 1.63. The van der Waals surface area contributed by atoms with Crippen LogP contribution >= 0.6 is 0 Å². The van der Waals surface area contributed by atoms with Crippen molar-refractivity contribution in [1.82, 2.24) is 10.6 Å². The van der Waals surface area contributed by atoms with Crippen LogP contribution in [0, 0.1) is 0 Å². The van der Waals surface area contributed by atoms with Gasteiger partial charge in [-0.25, -0.2) is 0 Å². The van der Waals surface area contributed by atoms with E-state index in [2.05, 4.69) is 15.6 Å². The first-order valence-electron chi connectivity index (χ1n) is 11.1. The highest BCUT2D eigenvalue weighted by Gasteiger charge is 2.22. The van der Waals surface area contributed by atoms with E-state index < -0.39 is 6.04 Å². The number of hydrogen-bond donors (Lipinski definition) is 3. The molecule has 2 amide bonds. The maximum atomic E-state index is 12.7. The van der Waals surface area contributed by atoms with Crippen molar-refractivity contribution in [2.24, 2.45) is 10.7 Å². The Labute approximate surface area is 192 Å². The number of amides is 2. The summed E-state index contributed by atoms with van der Waals surface area (Å²) >= 11 is 0. The van der Waals surface area contributed by atoms with Gasteiger partial charge in [0.05, 0.1) is 18.6 Å². The van der Waals surface area contributed by atoms with E-state index in [4.69, 9.17) is 10.5 Å². The second-order valence-corrected chi connectivity index (χ2v) is 7.75. The van der Waals surface area contributed by atoms with Crippen molar-refractivity contribution >= 4 is 23.2 Å². The predicted octanol–water partition coefficient (Wildman–Crippen LogP) is -0.0136. The molecule has 1 atom stereocenters. The average Bonchev–Trinajstić information content (AvgIpc) is 2.99. The van der Waals surface area contributed by atoms with E-state index in [1.807, 2.05) is 54.6 Å². The van der Waals surface area contributed by atoms with E-state index in [1.54, 1.807) is 0 Å². The molecule has 1 aliphatic heterocycles. The lowest BCUT2D eigenvalue weighted by Gasteiger charge is -2.19. The number of para-hydroxylation sites is 1. The number of carbonyl (C=O) groups is 3. The Kier molecular flexibility index (Phi) is 9.29. The number of hydrogen-bond acceptors (Lipinski definition) is 6. The number of rotatable bonds is 11. The minimum atomic E-state index is -0.857. The summed E-state index contributed by atoms with van der Waals surface area (Å²) in [5.74, 6) is -0.686. The Morgan fingerprint density at radius 1 is 1.09 bits per heavy atom. The van der Waals surface area contributed by atoms with Gasteiger partial charge in [-0.15, -0.1) is 0 Å². The lowest BCUT2D eigenvalue weighted by atomic mass is 10.0. The Hall–Kier alpha value is -3.36. The maximum absolute atomic E-state index is 12.7. The average molecular weight is 451 g/mol. The molecule has 8 heteroatoms. The number of benzene rings is 2. The van der Waals surface area contributed by atoms with Gasteiger partial charge in [-0.3, -0.25) is 19.4 Å². The normalized spacial score (nSPS) is 14.0. The zero-order valence-corrected chi connectivity index (χ0v) is 18.6. The zero-order valence-electron chi connectivity index (χ0n) is 18.6. The van der Waals surface area contributed by atoms with Gasteiger partial charge >= 0.3 is 0 Å². The molecule has 0 aromatic heterocycles. The zero-order chi connectivity index (χ0) is 23.5. The van der Waals surface area contributed by atoms with Crippen LogP contribution in [0.5, 0.6) is 0 Å². The van der Waals surface area contributed by atoms with Crippen molar-refractivity contribution in [3.05, 3.63) is 70.7 Å². The van der Waals surface area contributed by atoms with Crippen molar-refractivity contribution < 1.29 is 19.1 Å². The summed E-state index contributed by atoms with van der Waals surface area (Å²) in [4.78, 5) is 42.2. The highest BCUT2D eigenvalue weighted by molar-refractivity contribution is 6.15. The highest BCUT2D eigenvalue weighted by atomic mass is 16.5. The molecule has 0 radical (unpaired) electrons. The predicted molar refractivity (Wildman–Crippen MR) is 124 cm³/mol. The molecule has 4 N–H and O–H groups in total. The van der Waals surface area contributed by atoms with Crippen molar-refractivity contribution in [2.75, 3.05) is 26.2 Å². The molecule has 0 spiro atoms. The van der Waals surface area contributed by atoms with Gasteiger partial charge in [0, 0.05) is 43.3 Å². The van der Waals surface area contributed by atoms with Crippen molar-refractivity contribution in [2.45, 2.75) is 31.9 Å². The molecule has 8 nitrogen and oxygen atoms in total. The van der Waals surface area contributed by atoms with Crippen molar-refractivity contribution in [3.8, 4) is 0 Å². The first kappa shape index (κ1) is 24.3. The summed E-state index contributed by atoms with van der Waals surface area (Å²) in [7, 11) is 0. The SMILES string of the molecule is NCCNC(=O)[C@@H](COCc1ccccc1)NC(=O)CCC1=c2ccccc2=NCCC1=O. The van der Waals surface area contributed by atoms with Crippen molar-refractivity contribution in [3.63, 3.8) is 0 Å². The van der Waals surface area contributed by atoms with Gasteiger partial charge in [0.1, 0.15) is 6.04 Å². The highest BCUT2D eigenvalue weighted by Crippen LogP contribution is 2.10. The van der Waals surface area contributed by atoms with Crippen LogP contribution in [0.2, 0.25) is 0 Å². The van der Waals surface area contributed by atoms with Crippen LogP contribution in [0.1, 0.15) is 24.8 Å². The van der Waals surface area contributed by atoms with Crippen LogP contribution in [-0.2, 0) is 25.7 Å². The van der Waals surface area contributed by atoms with E-state index in [-0.39, 0.29) is 37.0 Å². The molecule has 2 aromatic rings. The molecule has 0 aliphatic carbocycles. The number of ketones is 1. The van der Waals surface area contributed by atoms with E-state index in [9.17, 15) is 14.4 Å². The molecule has 0 bridgehead atoms. The van der Waals surface area contributed by atoms with Gasteiger partial charge in [0.2, 0.25) is 11.8 Å². The quantitative estimate of drug-likeness (QED) is 0.444. The number of fused-ring (bicyclic) bond motifs is 1. The molecular weight excluding hydrogens is 420 g/mol. The first-order valence-corrected chi connectivity index (χ1v) is 11.1. The monoisotopic (exact) mass is 450 g/mol. The summed E-state index contributed by atoms with van der Waals surface area (Å²) in [6.45, 7) is 1.38. The van der Waals surface area contributed by atoms with Crippen LogP contribution in [0.15, 0.2) is 59.6 Å². The number of ether oxygens (including phenoxy) is 1. The fraction of sp³-hybridized carbons (Fsp3) is 0.360. The van der Waals surface area contributed by atoms with Gasteiger partial charge in [0.25, 0.3) is 0 Å². The van der Waals surface area contributed by atoms with Gasteiger partial charge in [-0.1, -0.05) is 48.5 Å². The topological polar surface area (TPSA) is 123 Å². The summed E-state index contributed by atoms with van der Waals surface area (Å²) in [6.07, 6.45) is 0.678. The Morgan fingerprint density at radius 2 is 1.85 bits per heavy atom. The third-order valence-electron chi connectivity index (χ3n) is 5.28. The fourth-order valence-electron chi connectivity index (χ4n) is 3.60. The van der Waals surface area contributed by atoms with Gasteiger partial charge < -0.3 is 21.1 Å². The summed E-state index contributed by atoms with van der Waals surface area (Å²) in [5, 5.41) is 6.98. The number of nitrogens with zero attached hydrogens (tertiary/aromatic N) is 1. The first-order chi connectivity index (χ1) is 16.1. The molecule has 0 saturated heterocycles. The summed E-state index contributed by atoms with van der Waals surface area (Å²) < 4.78 is 5.68. The maximum Gasteiger partial charge on any atom is 0.245 e. The molecule has 0 fully saturated rings. The second-order valence-electron chi connectivity index (χ2n) is 7.75. The Morgan fingerprint density at radius 3 is 2.64 bits per heavy atom. The van der Waals surface area contributed by atoms with Crippen LogP contribution in [0.3, 0.4) is 0 Å². The molecular formula is C25H30N4O4. The molecule has 174 valence electrons. The molecule has 0 saturated carbocycles. The smallest absolute Gasteiger partial charge is 0.245 e. The Bertz CT molecular complexity index is 1090. The van der Waals surface area contributed by atoms with Gasteiger partial charge in [0.15, 0.2) is 5.78 Å². The molecule has 33 heavy (non-hydrogen) atoms.